The molecule has 1 aliphatic heterocycles. The summed E-state index contributed by atoms with van der Waals surface area (Å²) in [5.41, 5.74) is 0.747. The van der Waals surface area contributed by atoms with Crippen LogP contribution in [-0.2, 0) is 9.84 Å². The van der Waals surface area contributed by atoms with Gasteiger partial charge >= 0.3 is 6.03 Å². The first kappa shape index (κ1) is 20.6. The molecule has 2 amide bonds. The molecule has 1 atom stereocenters. The first-order chi connectivity index (χ1) is 13.4. The average molecular weight is 404 g/mol. The van der Waals surface area contributed by atoms with E-state index < -0.39 is 9.84 Å². The molecule has 2 aromatic carbocycles. The van der Waals surface area contributed by atoms with Crippen molar-refractivity contribution in [2.24, 2.45) is 0 Å². The lowest BCUT2D eigenvalue weighted by Crippen LogP contribution is -2.47. The number of sulfone groups is 1. The van der Waals surface area contributed by atoms with Gasteiger partial charge in [-0.25, -0.2) is 13.2 Å². The molecule has 0 bridgehead atoms. The minimum atomic E-state index is -3.07. The molecule has 1 aliphatic rings. The van der Waals surface area contributed by atoms with Crippen molar-refractivity contribution in [3.63, 3.8) is 0 Å². The Morgan fingerprint density at radius 2 is 1.79 bits per heavy atom. The lowest BCUT2D eigenvalue weighted by Gasteiger charge is -2.31. The number of anilines is 1. The van der Waals surface area contributed by atoms with E-state index in [1.807, 2.05) is 42.5 Å². The van der Waals surface area contributed by atoms with Crippen LogP contribution >= 0.6 is 0 Å². The van der Waals surface area contributed by atoms with E-state index in [1.165, 1.54) is 0 Å². The maximum Gasteiger partial charge on any atom is 0.322 e. The highest BCUT2D eigenvalue weighted by Gasteiger charge is 2.34. The Balaban J connectivity index is 1.81. The smallest absolute Gasteiger partial charge is 0.319 e. The Morgan fingerprint density at radius 1 is 1.07 bits per heavy atom. The van der Waals surface area contributed by atoms with Crippen molar-refractivity contribution >= 4 is 32.3 Å². The summed E-state index contributed by atoms with van der Waals surface area (Å²) >= 11 is 0. The lowest BCUT2D eigenvalue weighted by atomic mass is 10.1. The number of rotatable bonds is 7. The standard InChI is InChI=1S/C21H29N3O3S/c1-3-23(4-2)13-14-24(18-12-15-28(26,27)16-18)21(25)22-20-11-7-9-17-8-5-6-10-19(17)20/h5-11,18H,3-4,12-16H2,1-2H3,(H,22,25). The van der Waals surface area contributed by atoms with Gasteiger partial charge in [0.1, 0.15) is 0 Å². The number of carbonyl (C=O) groups excluding carboxylic acids is 1. The van der Waals surface area contributed by atoms with Gasteiger partial charge in [-0.15, -0.1) is 0 Å². The van der Waals surface area contributed by atoms with E-state index in [4.69, 9.17) is 0 Å². The van der Waals surface area contributed by atoms with Gasteiger partial charge in [0.2, 0.25) is 0 Å². The zero-order valence-electron chi connectivity index (χ0n) is 16.6. The summed E-state index contributed by atoms with van der Waals surface area (Å²) in [5, 5.41) is 5.05. The summed E-state index contributed by atoms with van der Waals surface area (Å²) in [5.74, 6) is 0.204. The molecule has 28 heavy (non-hydrogen) atoms. The SMILES string of the molecule is CCN(CC)CCN(C(=O)Nc1cccc2ccccc12)C1CCS(=O)(=O)C1. The lowest BCUT2D eigenvalue weighted by molar-refractivity contribution is 0.178. The van der Waals surface area contributed by atoms with Crippen molar-refractivity contribution < 1.29 is 13.2 Å². The van der Waals surface area contributed by atoms with E-state index >= 15 is 0 Å². The third-order valence-electron chi connectivity index (χ3n) is 5.49. The first-order valence-corrected chi connectivity index (χ1v) is 11.7. The Kier molecular flexibility index (Phi) is 6.57. The highest BCUT2D eigenvalue weighted by molar-refractivity contribution is 7.91. The molecule has 1 heterocycles. The Hall–Kier alpha value is -2.12. The van der Waals surface area contributed by atoms with Gasteiger partial charge < -0.3 is 15.1 Å². The van der Waals surface area contributed by atoms with Crippen LogP contribution in [0.25, 0.3) is 10.8 Å². The second-order valence-electron chi connectivity index (χ2n) is 7.23. The van der Waals surface area contributed by atoms with Gasteiger partial charge in [-0.05, 0) is 31.0 Å². The quantitative estimate of drug-likeness (QED) is 0.771. The number of fused-ring (bicyclic) bond motifs is 1. The first-order valence-electron chi connectivity index (χ1n) is 9.91. The summed E-state index contributed by atoms with van der Waals surface area (Å²) < 4.78 is 24.0. The molecule has 1 saturated heterocycles. The van der Waals surface area contributed by atoms with Crippen molar-refractivity contribution in [1.82, 2.24) is 9.80 Å². The monoisotopic (exact) mass is 403 g/mol. The number of urea groups is 1. The Morgan fingerprint density at radius 3 is 2.46 bits per heavy atom. The normalized spacial score (nSPS) is 18.5. The van der Waals surface area contributed by atoms with Crippen LogP contribution in [-0.4, -0.2) is 68.0 Å². The second-order valence-corrected chi connectivity index (χ2v) is 9.46. The highest BCUT2D eigenvalue weighted by Crippen LogP contribution is 2.24. The fourth-order valence-electron chi connectivity index (χ4n) is 3.78. The summed E-state index contributed by atoms with van der Waals surface area (Å²) in [6, 6.07) is 13.2. The van der Waals surface area contributed by atoms with Crippen LogP contribution < -0.4 is 5.32 Å². The van der Waals surface area contributed by atoms with Gasteiger partial charge in [0.05, 0.1) is 17.2 Å². The molecule has 3 rings (SSSR count). The molecule has 0 aliphatic carbocycles. The molecule has 0 radical (unpaired) electrons. The summed E-state index contributed by atoms with van der Waals surface area (Å²) in [6.07, 6.45) is 0.504. The molecule has 1 fully saturated rings. The number of amides is 2. The van der Waals surface area contributed by atoms with Gasteiger partial charge in [-0.1, -0.05) is 50.2 Å². The van der Waals surface area contributed by atoms with Crippen LogP contribution in [0.4, 0.5) is 10.5 Å². The van der Waals surface area contributed by atoms with Crippen LogP contribution in [0.3, 0.4) is 0 Å². The van der Waals surface area contributed by atoms with E-state index in [0.29, 0.717) is 13.0 Å². The zero-order valence-corrected chi connectivity index (χ0v) is 17.4. The number of carbonyl (C=O) groups is 1. The van der Waals surface area contributed by atoms with Crippen molar-refractivity contribution in [2.45, 2.75) is 26.3 Å². The largest absolute Gasteiger partial charge is 0.322 e. The number of benzene rings is 2. The maximum absolute atomic E-state index is 13.1. The predicted molar refractivity (Wildman–Crippen MR) is 115 cm³/mol. The third-order valence-corrected chi connectivity index (χ3v) is 7.24. The molecule has 6 nitrogen and oxygen atoms in total. The van der Waals surface area contributed by atoms with Crippen LogP contribution in [0, 0.1) is 0 Å². The van der Waals surface area contributed by atoms with Gasteiger partial charge in [0.25, 0.3) is 0 Å². The predicted octanol–water partition coefficient (Wildman–Crippen LogP) is 3.20. The topological polar surface area (TPSA) is 69.7 Å². The zero-order chi connectivity index (χ0) is 20.1. The molecule has 1 N–H and O–H groups in total. The third kappa shape index (κ3) is 4.83. The number of likely N-dealkylation sites (N-methyl/N-ethyl adjacent to an activating group) is 1. The number of hydrogen-bond acceptors (Lipinski definition) is 4. The Bertz CT molecular complexity index is 920. The molecule has 1 unspecified atom stereocenters. The molecule has 0 spiro atoms. The molecule has 0 saturated carbocycles. The van der Waals surface area contributed by atoms with Crippen LogP contribution in [0.1, 0.15) is 20.3 Å². The number of hydrogen-bond donors (Lipinski definition) is 1. The molecule has 7 heteroatoms. The highest BCUT2D eigenvalue weighted by atomic mass is 32.2. The minimum absolute atomic E-state index is 0.0498. The van der Waals surface area contributed by atoms with E-state index in [-0.39, 0.29) is 23.6 Å². The fourth-order valence-corrected chi connectivity index (χ4v) is 5.51. The van der Waals surface area contributed by atoms with Crippen molar-refractivity contribution in [1.29, 1.82) is 0 Å². The minimum Gasteiger partial charge on any atom is -0.319 e. The van der Waals surface area contributed by atoms with Gasteiger partial charge in [-0.2, -0.15) is 0 Å². The van der Waals surface area contributed by atoms with Crippen molar-refractivity contribution in [3.05, 3.63) is 42.5 Å². The van der Waals surface area contributed by atoms with Gasteiger partial charge in [0, 0.05) is 24.5 Å². The van der Waals surface area contributed by atoms with Crippen LogP contribution in [0.2, 0.25) is 0 Å². The van der Waals surface area contributed by atoms with Crippen molar-refractivity contribution in [3.8, 4) is 0 Å². The number of nitrogens with zero attached hydrogens (tertiary/aromatic N) is 2. The molecular formula is C21H29N3O3S. The fraction of sp³-hybridized carbons (Fsp3) is 0.476. The summed E-state index contributed by atoms with van der Waals surface area (Å²) in [4.78, 5) is 17.1. The Labute approximate surface area is 167 Å². The molecule has 2 aromatic rings. The molecule has 152 valence electrons. The van der Waals surface area contributed by atoms with E-state index in [1.54, 1.807) is 4.90 Å². The van der Waals surface area contributed by atoms with Gasteiger partial charge in [-0.3, -0.25) is 0 Å². The van der Waals surface area contributed by atoms with E-state index in [0.717, 1.165) is 36.1 Å². The summed E-state index contributed by atoms with van der Waals surface area (Å²) in [6.45, 7) is 7.22. The maximum atomic E-state index is 13.1. The molecule has 0 aromatic heterocycles. The number of nitrogens with one attached hydrogen (secondary N) is 1. The van der Waals surface area contributed by atoms with E-state index in [9.17, 15) is 13.2 Å². The average Bonchev–Trinajstić information content (AvgIpc) is 3.05. The van der Waals surface area contributed by atoms with Gasteiger partial charge in [0.15, 0.2) is 9.84 Å². The van der Waals surface area contributed by atoms with Crippen molar-refractivity contribution in [2.75, 3.05) is 43.0 Å². The molecular weight excluding hydrogens is 374 g/mol. The second kappa shape index (κ2) is 8.92. The van der Waals surface area contributed by atoms with E-state index in [2.05, 4.69) is 24.1 Å². The summed E-state index contributed by atoms with van der Waals surface area (Å²) in [7, 11) is -3.07. The van der Waals surface area contributed by atoms with Crippen LogP contribution in [0.5, 0.6) is 0 Å². The van der Waals surface area contributed by atoms with Crippen LogP contribution in [0.15, 0.2) is 42.5 Å².